The molecule has 0 unspecified atom stereocenters. The summed E-state index contributed by atoms with van der Waals surface area (Å²) >= 11 is 1.87. The monoisotopic (exact) mass is 378 g/mol. The molecule has 2 rings (SSSR count). The molecule has 1 aromatic carbocycles. The van der Waals surface area contributed by atoms with Crippen molar-refractivity contribution in [3.8, 4) is 0 Å². The first-order valence-electron chi connectivity index (χ1n) is 9.63. The van der Waals surface area contributed by atoms with Gasteiger partial charge in [0.1, 0.15) is 6.61 Å². The first-order valence-corrected chi connectivity index (χ1v) is 10.5. The summed E-state index contributed by atoms with van der Waals surface area (Å²) in [5, 5.41) is 9.27. The van der Waals surface area contributed by atoms with Crippen molar-refractivity contribution < 1.29 is 14.6 Å². The Hall–Kier alpha value is -1.00. The number of aliphatic carboxylic acids is 1. The minimum atomic E-state index is -0.885. The summed E-state index contributed by atoms with van der Waals surface area (Å²) in [5.74, 6) is -0.885. The van der Waals surface area contributed by atoms with Crippen molar-refractivity contribution in [2.45, 2.75) is 94.3 Å². The standard InChI is InChI=1S/C22H34O3S/c1-21(2,3)15-11-16(22(4,5)6)13-17(12-15)26-19-10-8-7-9-18(19)25-14-20(23)24/h11-13,18-19H,7-10,14H2,1-6H3,(H,23,24)/t18-,19+/m1/s1. The molecule has 0 aromatic heterocycles. The Morgan fingerprint density at radius 2 is 1.58 bits per heavy atom. The van der Waals surface area contributed by atoms with Crippen LogP contribution in [0.5, 0.6) is 0 Å². The van der Waals surface area contributed by atoms with Crippen molar-refractivity contribution in [3.63, 3.8) is 0 Å². The molecule has 0 heterocycles. The second-order valence-electron chi connectivity index (χ2n) is 9.43. The molecule has 1 N–H and O–H groups in total. The van der Waals surface area contributed by atoms with E-state index < -0.39 is 5.97 Å². The number of carboxylic acid groups (broad SMARTS) is 1. The van der Waals surface area contributed by atoms with Crippen molar-refractivity contribution in [2.24, 2.45) is 0 Å². The maximum absolute atomic E-state index is 10.9. The van der Waals surface area contributed by atoms with Gasteiger partial charge in [-0.15, -0.1) is 11.8 Å². The van der Waals surface area contributed by atoms with Crippen molar-refractivity contribution in [1.82, 2.24) is 0 Å². The van der Waals surface area contributed by atoms with E-state index >= 15 is 0 Å². The number of rotatable bonds is 5. The summed E-state index contributed by atoms with van der Waals surface area (Å²) in [7, 11) is 0. The number of carbonyl (C=O) groups is 1. The maximum Gasteiger partial charge on any atom is 0.329 e. The van der Waals surface area contributed by atoms with Crippen LogP contribution >= 0.6 is 11.8 Å². The average Bonchev–Trinajstić information content (AvgIpc) is 2.52. The van der Waals surface area contributed by atoms with Crippen LogP contribution in [0.1, 0.15) is 78.4 Å². The van der Waals surface area contributed by atoms with Crippen LogP contribution in [0.15, 0.2) is 23.1 Å². The summed E-state index contributed by atoms with van der Waals surface area (Å²) in [6.45, 7) is 13.3. The van der Waals surface area contributed by atoms with Crippen LogP contribution in [-0.4, -0.2) is 29.0 Å². The molecule has 4 heteroatoms. The van der Waals surface area contributed by atoms with Gasteiger partial charge in [-0.25, -0.2) is 4.79 Å². The SMILES string of the molecule is CC(C)(C)c1cc(S[C@H]2CCCC[C@H]2OCC(=O)O)cc(C(C)(C)C)c1. The lowest BCUT2D eigenvalue weighted by Crippen LogP contribution is -2.31. The van der Waals surface area contributed by atoms with Gasteiger partial charge in [0, 0.05) is 10.1 Å². The van der Waals surface area contributed by atoms with E-state index in [0.29, 0.717) is 5.25 Å². The second-order valence-corrected chi connectivity index (χ2v) is 10.7. The predicted molar refractivity (Wildman–Crippen MR) is 109 cm³/mol. The van der Waals surface area contributed by atoms with Gasteiger partial charge in [0.05, 0.1) is 6.10 Å². The van der Waals surface area contributed by atoms with E-state index in [-0.39, 0.29) is 23.5 Å². The Bertz CT molecular complexity index is 593. The van der Waals surface area contributed by atoms with Crippen LogP contribution in [0.2, 0.25) is 0 Å². The molecule has 0 amide bonds. The van der Waals surface area contributed by atoms with Gasteiger partial charge in [-0.3, -0.25) is 0 Å². The highest BCUT2D eigenvalue weighted by molar-refractivity contribution is 8.00. The van der Waals surface area contributed by atoms with Crippen molar-refractivity contribution in [1.29, 1.82) is 0 Å². The molecule has 1 aliphatic rings. The van der Waals surface area contributed by atoms with E-state index in [2.05, 4.69) is 59.7 Å². The molecule has 0 spiro atoms. The third-order valence-corrected chi connectivity index (χ3v) is 6.34. The fraction of sp³-hybridized carbons (Fsp3) is 0.682. The largest absolute Gasteiger partial charge is 0.480 e. The molecule has 1 aromatic rings. The highest BCUT2D eigenvalue weighted by Crippen LogP contribution is 2.39. The number of ether oxygens (including phenoxy) is 1. The summed E-state index contributed by atoms with van der Waals surface area (Å²) in [6.07, 6.45) is 4.38. The molecular formula is C22H34O3S. The van der Waals surface area contributed by atoms with Crippen LogP contribution in [0.25, 0.3) is 0 Å². The fourth-order valence-corrected chi connectivity index (χ4v) is 4.67. The highest BCUT2D eigenvalue weighted by Gasteiger charge is 2.28. The molecular weight excluding hydrogens is 344 g/mol. The van der Waals surface area contributed by atoms with Gasteiger partial charge in [0.15, 0.2) is 0 Å². The summed E-state index contributed by atoms with van der Waals surface area (Å²) in [4.78, 5) is 12.2. The normalized spacial score (nSPS) is 21.6. The lowest BCUT2D eigenvalue weighted by molar-refractivity contribution is -0.144. The molecule has 1 aliphatic carbocycles. The Kier molecular flexibility index (Phi) is 6.84. The Morgan fingerprint density at radius 3 is 2.08 bits per heavy atom. The van der Waals surface area contributed by atoms with E-state index in [1.54, 1.807) is 0 Å². The van der Waals surface area contributed by atoms with Crippen LogP contribution in [0.3, 0.4) is 0 Å². The van der Waals surface area contributed by atoms with Gasteiger partial charge < -0.3 is 9.84 Å². The van der Waals surface area contributed by atoms with E-state index in [9.17, 15) is 4.79 Å². The Balaban J connectivity index is 2.27. The molecule has 1 saturated carbocycles. The summed E-state index contributed by atoms with van der Waals surface area (Å²) < 4.78 is 5.70. The molecule has 1 fully saturated rings. The fourth-order valence-electron chi connectivity index (χ4n) is 3.27. The predicted octanol–water partition coefficient (Wildman–Crippen LogP) is 5.79. The zero-order valence-corrected chi connectivity index (χ0v) is 17.9. The van der Waals surface area contributed by atoms with Crippen LogP contribution < -0.4 is 0 Å². The number of thioether (sulfide) groups is 1. The number of carboxylic acids is 1. The zero-order valence-electron chi connectivity index (χ0n) is 17.1. The first kappa shape index (κ1) is 21.3. The van der Waals surface area contributed by atoms with Crippen LogP contribution in [0, 0.1) is 0 Å². The molecule has 0 saturated heterocycles. The lowest BCUT2D eigenvalue weighted by atomic mass is 9.81. The minimum Gasteiger partial charge on any atom is -0.480 e. The van der Waals surface area contributed by atoms with Gasteiger partial charge in [-0.05, 0) is 46.9 Å². The van der Waals surface area contributed by atoms with Crippen LogP contribution in [-0.2, 0) is 20.4 Å². The average molecular weight is 379 g/mol. The summed E-state index contributed by atoms with van der Waals surface area (Å²) in [6, 6.07) is 6.95. The van der Waals surface area contributed by atoms with Gasteiger partial charge in [0.25, 0.3) is 0 Å². The smallest absolute Gasteiger partial charge is 0.329 e. The second kappa shape index (κ2) is 8.35. The highest BCUT2D eigenvalue weighted by atomic mass is 32.2. The van der Waals surface area contributed by atoms with Gasteiger partial charge in [0.2, 0.25) is 0 Å². The Morgan fingerprint density at radius 1 is 1.04 bits per heavy atom. The molecule has 3 nitrogen and oxygen atoms in total. The van der Waals surface area contributed by atoms with Crippen LogP contribution in [0.4, 0.5) is 0 Å². The molecule has 146 valence electrons. The van der Waals surface area contributed by atoms with E-state index in [0.717, 1.165) is 19.3 Å². The first-order chi connectivity index (χ1) is 12.0. The summed E-state index contributed by atoms with van der Waals surface area (Å²) in [5.41, 5.74) is 2.91. The van der Waals surface area contributed by atoms with Crippen molar-refractivity contribution >= 4 is 17.7 Å². The zero-order chi connectivity index (χ0) is 19.5. The molecule has 2 atom stereocenters. The molecule has 26 heavy (non-hydrogen) atoms. The van der Waals surface area contributed by atoms with E-state index in [1.807, 2.05) is 11.8 Å². The van der Waals surface area contributed by atoms with E-state index in [4.69, 9.17) is 9.84 Å². The van der Waals surface area contributed by atoms with Gasteiger partial charge in [-0.2, -0.15) is 0 Å². The Labute approximate surface area is 162 Å². The topological polar surface area (TPSA) is 46.5 Å². The molecule has 0 radical (unpaired) electrons. The number of hydrogen-bond acceptors (Lipinski definition) is 3. The number of hydrogen-bond donors (Lipinski definition) is 1. The maximum atomic E-state index is 10.9. The number of benzene rings is 1. The third kappa shape index (κ3) is 6.02. The lowest BCUT2D eigenvalue weighted by Gasteiger charge is -2.32. The van der Waals surface area contributed by atoms with Crippen molar-refractivity contribution in [2.75, 3.05) is 6.61 Å². The third-order valence-electron chi connectivity index (χ3n) is 4.99. The molecule has 0 bridgehead atoms. The molecule has 0 aliphatic heterocycles. The quantitative estimate of drug-likeness (QED) is 0.705. The van der Waals surface area contributed by atoms with Crippen molar-refractivity contribution in [3.05, 3.63) is 29.3 Å². The van der Waals surface area contributed by atoms with E-state index in [1.165, 1.54) is 22.4 Å². The van der Waals surface area contributed by atoms with Gasteiger partial charge in [-0.1, -0.05) is 60.5 Å². The minimum absolute atomic E-state index is 0.0289. The van der Waals surface area contributed by atoms with Gasteiger partial charge >= 0.3 is 5.97 Å².